The first-order chi connectivity index (χ1) is 11.6. The van der Waals surface area contributed by atoms with Crippen LogP contribution in [0.3, 0.4) is 0 Å². The normalized spacial score (nSPS) is 20.0. The number of amides is 1. The molecule has 1 saturated heterocycles. The number of hydrogen-bond acceptors (Lipinski definition) is 4. The molecule has 2 aliphatic rings. The van der Waals surface area contributed by atoms with E-state index in [4.69, 9.17) is 9.72 Å². The van der Waals surface area contributed by atoms with E-state index in [1.807, 2.05) is 4.68 Å². The number of carbonyl (C=O) groups is 1. The Hall–Kier alpha value is -1.95. The van der Waals surface area contributed by atoms with Crippen molar-refractivity contribution in [3.63, 3.8) is 0 Å². The Bertz CT molecular complexity index is 775. The molecule has 6 nitrogen and oxygen atoms in total. The molecule has 1 atom stereocenters. The van der Waals surface area contributed by atoms with Crippen molar-refractivity contribution < 1.29 is 9.53 Å². The van der Waals surface area contributed by atoms with Crippen LogP contribution in [-0.2, 0) is 17.6 Å². The van der Waals surface area contributed by atoms with E-state index in [9.17, 15) is 4.79 Å². The van der Waals surface area contributed by atoms with Crippen molar-refractivity contribution in [1.82, 2.24) is 20.1 Å². The molecule has 128 valence electrons. The lowest BCUT2D eigenvalue weighted by molar-refractivity contribution is 0.0858. The minimum absolute atomic E-state index is 0.0145. The number of hydrogen-bond donors (Lipinski definition) is 1. The van der Waals surface area contributed by atoms with Crippen molar-refractivity contribution in [1.29, 1.82) is 0 Å². The van der Waals surface area contributed by atoms with Crippen LogP contribution in [-0.4, -0.2) is 39.9 Å². The summed E-state index contributed by atoms with van der Waals surface area (Å²) in [5, 5.41) is 8.41. The highest BCUT2D eigenvalue weighted by atomic mass is 16.5. The second-order valence-electron chi connectivity index (χ2n) is 7.03. The van der Waals surface area contributed by atoms with E-state index in [-0.39, 0.29) is 18.1 Å². The zero-order chi connectivity index (χ0) is 16.7. The highest BCUT2D eigenvalue weighted by Crippen LogP contribution is 2.30. The molecule has 1 aliphatic carbocycles. The molecule has 3 heterocycles. The Kier molecular flexibility index (Phi) is 4.00. The molecule has 0 aromatic carbocycles. The van der Waals surface area contributed by atoms with Crippen molar-refractivity contribution in [3.8, 4) is 0 Å². The van der Waals surface area contributed by atoms with Crippen LogP contribution in [0, 0.1) is 0 Å². The predicted octanol–water partition coefficient (Wildman–Crippen LogP) is 2.41. The average Bonchev–Trinajstić information content (AvgIpc) is 3.29. The number of aryl methyl sites for hydroxylation is 1. The number of pyridine rings is 1. The average molecular weight is 328 g/mol. The van der Waals surface area contributed by atoms with Gasteiger partial charge in [0.15, 0.2) is 5.65 Å². The van der Waals surface area contributed by atoms with Gasteiger partial charge < -0.3 is 10.1 Å². The van der Waals surface area contributed by atoms with Crippen LogP contribution in [0.1, 0.15) is 60.8 Å². The highest BCUT2D eigenvalue weighted by molar-refractivity contribution is 6.07. The van der Waals surface area contributed by atoms with Crippen LogP contribution in [0.5, 0.6) is 0 Å². The SMILES string of the molecule is CC(C)n1ncc2c(C(=O)NC[C@@H]3CCCO3)c3c(nc21)CCC3. The summed E-state index contributed by atoms with van der Waals surface area (Å²) in [6.07, 6.45) is 6.98. The zero-order valence-corrected chi connectivity index (χ0v) is 14.3. The van der Waals surface area contributed by atoms with Gasteiger partial charge in [-0.3, -0.25) is 4.79 Å². The summed E-state index contributed by atoms with van der Waals surface area (Å²) < 4.78 is 7.52. The lowest BCUT2D eigenvalue weighted by Crippen LogP contribution is -2.32. The fourth-order valence-electron chi connectivity index (χ4n) is 3.79. The van der Waals surface area contributed by atoms with E-state index in [0.717, 1.165) is 66.6 Å². The quantitative estimate of drug-likeness (QED) is 0.936. The third kappa shape index (κ3) is 2.59. The van der Waals surface area contributed by atoms with Crippen molar-refractivity contribution in [2.75, 3.05) is 13.2 Å². The van der Waals surface area contributed by atoms with Crippen molar-refractivity contribution in [2.45, 2.75) is 58.1 Å². The number of aromatic nitrogens is 3. The van der Waals surface area contributed by atoms with E-state index in [1.54, 1.807) is 6.20 Å². The second kappa shape index (κ2) is 6.16. The minimum atomic E-state index is -0.0145. The summed E-state index contributed by atoms with van der Waals surface area (Å²) in [4.78, 5) is 17.7. The summed E-state index contributed by atoms with van der Waals surface area (Å²) >= 11 is 0. The lowest BCUT2D eigenvalue weighted by atomic mass is 10.0. The van der Waals surface area contributed by atoms with Crippen LogP contribution in [0.2, 0.25) is 0 Å². The fraction of sp³-hybridized carbons (Fsp3) is 0.611. The van der Waals surface area contributed by atoms with Gasteiger partial charge in [-0.25, -0.2) is 9.67 Å². The molecule has 24 heavy (non-hydrogen) atoms. The van der Waals surface area contributed by atoms with Crippen LogP contribution in [0.4, 0.5) is 0 Å². The molecule has 1 aliphatic heterocycles. The van der Waals surface area contributed by atoms with E-state index in [1.165, 1.54) is 0 Å². The first-order valence-electron chi connectivity index (χ1n) is 8.94. The van der Waals surface area contributed by atoms with Crippen LogP contribution >= 0.6 is 0 Å². The molecule has 1 amide bonds. The van der Waals surface area contributed by atoms with Gasteiger partial charge in [0.25, 0.3) is 5.91 Å². The highest BCUT2D eigenvalue weighted by Gasteiger charge is 2.27. The molecule has 2 aromatic heterocycles. The van der Waals surface area contributed by atoms with Crippen molar-refractivity contribution in [2.24, 2.45) is 0 Å². The molecule has 2 aromatic rings. The summed E-state index contributed by atoms with van der Waals surface area (Å²) in [7, 11) is 0. The van der Waals surface area contributed by atoms with Gasteiger partial charge in [0.2, 0.25) is 0 Å². The van der Waals surface area contributed by atoms with Crippen molar-refractivity contribution >= 4 is 16.9 Å². The Morgan fingerprint density at radius 1 is 1.42 bits per heavy atom. The number of carbonyl (C=O) groups excluding carboxylic acids is 1. The molecule has 0 bridgehead atoms. The predicted molar refractivity (Wildman–Crippen MR) is 91.2 cm³/mol. The van der Waals surface area contributed by atoms with Gasteiger partial charge in [0.05, 0.1) is 23.3 Å². The second-order valence-corrected chi connectivity index (χ2v) is 7.03. The molecule has 1 N–H and O–H groups in total. The minimum Gasteiger partial charge on any atom is -0.376 e. The Morgan fingerprint density at radius 3 is 3.04 bits per heavy atom. The number of nitrogens with one attached hydrogen (secondary N) is 1. The first kappa shape index (κ1) is 15.6. The monoisotopic (exact) mass is 328 g/mol. The largest absolute Gasteiger partial charge is 0.376 e. The Labute approximate surface area is 141 Å². The number of rotatable bonds is 4. The topological polar surface area (TPSA) is 69.0 Å². The smallest absolute Gasteiger partial charge is 0.252 e. The molecular weight excluding hydrogens is 304 g/mol. The standard InChI is InChI=1S/C18H24N4O2/c1-11(2)22-17-14(10-20-22)16(13-6-3-7-15(13)21-17)18(23)19-9-12-5-4-8-24-12/h10-12H,3-9H2,1-2H3,(H,19,23)/t12-/m0/s1. The molecule has 1 fully saturated rings. The summed E-state index contributed by atoms with van der Waals surface area (Å²) in [6, 6.07) is 0.220. The fourth-order valence-corrected chi connectivity index (χ4v) is 3.79. The maximum Gasteiger partial charge on any atom is 0.252 e. The molecular formula is C18H24N4O2. The number of nitrogens with zero attached hydrogens (tertiary/aromatic N) is 3. The van der Waals surface area contributed by atoms with E-state index in [0.29, 0.717) is 6.54 Å². The molecule has 4 rings (SSSR count). The van der Waals surface area contributed by atoms with Gasteiger partial charge in [-0.15, -0.1) is 0 Å². The van der Waals surface area contributed by atoms with Gasteiger partial charge in [-0.1, -0.05) is 0 Å². The summed E-state index contributed by atoms with van der Waals surface area (Å²) in [5.41, 5.74) is 3.77. The summed E-state index contributed by atoms with van der Waals surface area (Å²) in [5.74, 6) is -0.0145. The molecule has 0 spiro atoms. The third-order valence-electron chi connectivity index (χ3n) is 5.00. The first-order valence-corrected chi connectivity index (χ1v) is 8.94. The van der Waals surface area contributed by atoms with Gasteiger partial charge >= 0.3 is 0 Å². The van der Waals surface area contributed by atoms with Crippen LogP contribution < -0.4 is 5.32 Å². The van der Waals surface area contributed by atoms with Crippen LogP contribution in [0.15, 0.2) is 6.20 Å². The van der Waals surface area contributed by atoms with Gasteiger partial charge in [0.1, 0.15) is 0 Å². The van der Waals surface area contributed by atoms with E-state index < -0.39 is 0 Å². The number of fused-ring (bicyclic) bond motifs is 2. The lowest BCUT2D eigenvalue weighted by Gasteiger charge is -2.14. The molecule has 0 radical (unpaired) electrons. The Morgan fingerprint density at radius 2 is 2.29 bits per heavy atom. The third-order valence-corrected chi connectivity index (χ3v) is 5.00. The van der Waals surface area contributed by atoms with Gasteiger partial charge in [-0.2, -0.15) is 5.10 Å². The molecule has 0 saturated carbocycles. The summed E-state index contributed by atoms with van der Waals surface area (Å²) in [6.45, 7) is 5.55. The Balaban J connectivity index is 1.71. The van der Waals surface area contributed by atoms with Crippen molar-refractivity contribution in [3.05, 3.63) is 23.0 Å². The van der Waals surface area contributed by atoms with Crippen LogP contribution in [0.25, 0.3) is 11.0 Å². The number of ether oxygens (including phenoxy) is 1. The van der Waals surface area contributed by atoms with E-state index >= 15 is 0 Å². The zero-order valence-electron chi connectivity index (χ0n) is 14.3. The van der Waals surface area contributed by atoms with Gasteiger partial charge in [0, 0.05) is 24.9 Å². The van der Waals surface area contributed by atoms with E-state index in [2.05, 4.69) is 24.3 Å². The van der Waals surface area contributed by atoms with Gasteiger partial charge in [-0.05, 0) is 51.5 Å². The maximum absolute atomic E-state index is 12.9. The molecule has 0 unspecified atom stereocenters. The molecule has 6 heteroatoms. The maximum atomic E-state index is 12.9.